The minimum absolute atomic E-state index is 0.225. The topological polar surface area (TPSA) is 91.7 Å². The summed E-state index contributed by atoms with van der Waals surface area (Å²) in [4.78, 5) is 9.90. The molecule has 0 unspecified atom stereocenters. The number of carboxylic acid groups (broad SMARTS) is 1. The monoisotopic (exact) mass is 194 g/mol. The van der Waals surface area contributed by atoms with Gasteiger partial charge < -0.3 is 5.11 Å². The third kappa shape index (κ3) is 9.12. The number of hydrogen-bond acceptors (Lipinski definition) is 3. The first-order valence-electron chi connectivity index (χ1n) is 3.26. The van der Waals surface area contributed by atoms with Crippen LogP contribution in [0.4, 0.5) is 0 Å². The molecule has 0 aromatic carbocycles. The molecule has 6 heteroatoms. The number of carbonyl (C=O) groups is 1. The van der Waals surface area contributed by atoms with Crippen LogP contribution < -0.4 is 0 Å². The van der Waals surface area contributed by atoms with E-state index in [0.29, 0.717) is 6.42 Å². The second-order valence-corrected chi connectivity index (χ2v) is 3.74. The van der Waals surface area contributed by atoms with Gasteiger partial charge in [-0.1, -0.05) is 6.08 Å². The molecular formula is C6H10O5S. The molecule has 0 aliphatic rings. The van der Waals surface area contributed by atoms with Crippen molar-refractivity contribution in [2.45, 2.75) is 12.8 Å². The molecule has 0 saturated carbocycles. The van der Waals surface area contributed by atoms with Crippen molar-refractivity contribution < 1.29 is 22.9 Å². The Morgan fingerprint density at radius 3 is 2.42 bits per heavy atom. The number of aliphatic carboxylic acids is 1. The van der Waals surface area contributed by atoms with E-state index in [9.17, 15) is 13.2 Å². The molecule has 0 aliphatic carbocycles. The SMILES string of the molecule is O=C(O)C=CCCCS(=O)(=O)O. The van der Waals surface area contributed by atoms with Crippen LogP contribution in [0, 0.1) is 0 Å². The summed E-state index contributed by atoms with van der Waals surface area (Å²) in [7, 11) is -3.91. The second-order valence-electron chi connectivity index (χ2n) is 2.17. The van der Waals surface area contributed by atoms with Crippen LogP contribution in [0.3, 0.4) is 0 Å². The third-order valence-electron chi connectivity index (χ3n) is 1.03. The highest BCUT2D eigenvalue weighted by molar-refractivity contribution is 7.85. The molecule has 5 nitrogen and oxygen atoms in total. The fraction of sp³-hybridized carbons (Fsp3) is 0.500. The van der Waals surface area contributed by atoms with E-state index in [-0.39, 0.29) is 12.2 Å². The number of carboxylic acids is 1. The van der Waals surface area contributed by atoms with Gasteiger partial charge in [0.2, 0.25) is 0 Å². The van der Waals surface area contributed by atoms with Crippen molar-refractivity contribution in [3.8, 4) is 0 Å². The summed E-state index contributed by atoms with van der Waals surface area (Å²) in [5.41, 5.74) is 0. The Bertz CT molecular complexity index is 264. The van der Waals surface area contributed by atoms with Crippen LogP contribution in [0.5, 0.6) is 0 Å². The summed E-state index contributed by atoms with van der Waals surface area (Å²) in [5.74, 6) is -1.40. The van der Waals surface area contributed by atoms with Crippen molar-refractivity contribution in [1.29, 1.82) is 0 Å². The van der Waals surface area contributed by atoms with Crippen molar-refractivity contribution in [3.05, 3.63) is 12.2 Å². The lowest BCUT2D eigenvalue weighted by Gasteiger charge is -1.91. The van der Waals surface area contributed by atoms with E-state index in [4.69, 9.17) is 9.66 Å². The lowest BCUT2D eigenvalue weighted by molar-refractivity contribution is -0.131. The van der Waals surface area contributed by atoms with Gasteiger partial charge in [0.1, 0.15) is 0 Å². The molecule has 0 aliphatic heterocycles. The fourth-order valence-electron chi connectivity index (χ4n) is 0.568. The summed E-state index contributed by atoms with van der Waals surface area (Å²) in [6.07, 6.45) is 2.83. The maximum atomic E-state index is 10.1. The summed E-state index contributed by atoms with van der Waals surface area (Å²) in [5, 5.41) is 8.12. The molecule has 0 rings (SSSR count). The highest BCUT2D eigenvalue weighted by atomic mass is 32.2. The van der Waals surface area contributed by atoms with E-state index < -0.39 is 16.1 Å². The predicted octanol–water partition coefficient (Wildman–Crippen LogP) is 0.295. The summed E-state index contributed by atoms with van der Waals surface area (Å²) < 4.78 is 28.5. The van der Waals surface area contributed by atoms with Gasteiger partial charge in [-0.3, -0.25) is 4.55 Å². The van der Waals surface area contributed by atoms with Gasteiger partial charge in [-0.05, 0) is 12.8 Å². The van der Waals surface area contributed by atoms with E-state index in [1.807, 2.05) is 0 Å². The number of unbranched alkanes of at least 4 members (excludes halogenated alkanes) is 1. The maximum absolute atomic E-state index is 10.1. The molecule has 0 atom stereocenters. The molecule has 0 aromatic rings. The van der Waals surface area contributed by atoms with E-state index in [0.717, 1.165) is 6.08 Å². The molecule has 0 saturated heterocycles. The van der Waals surface area contributed by atoms with Gasteiger partial charge in [0.25, 0.3) is 10.1 Å². The highest BCUT2D eigenvalue weighted by Crippen LogP contribution is 1.94. The summed E-state index contributed by atoms with van der Waals surface area (Å²) in [6, 6.07) is 0. The van der Waals surface area contributed by atoms with Crippen LogP contribution in [-0.4, -0.2) is 29.8 Å². The lowest BCUT2D eigenvalue weighted by Crippen LogP contribution is -2.02. The molecule has 0 bridgehead atoms. The minimum Gasteiger partial charge on any atom is -0.478 e. The van der Waals surface area contributed by atoms with Gasteiger partial charge >= 0.3 is 5.97 Å². The molecular weight excluding hydrogens is 184 g/mol. The highest BCUT2D eigenvalue weighted by Gasteiger charge is 2.01. The van der Waals surface area contributed by atoms with Crippen LogP contribution in [0.1, 0.15) is 12.8 Å². The first-order valence-corrected chi connectivity index (χ1v) is 4.87. The van der Waals surface area contributed by atoms with Crippen molar-refractivity contribution in [2.75, 3.05) is 5.75 Å². The Morgan fingerprint density at radius 2 is 2.00 bits per heavy atom. The van der Waals surface area contributed by atoms with Gasteiger partial charge in [-0.15, -0.1) is 0 Å². The van der Waals surface area contributed by atoms with E-state index in [2.05, 4.69) is 0 Å². The zero-order chi connectivity index (χ0) is 9.61. The molecule has 0 spiro atoms. The van der Waals surface area contributed by atoms with E-state index in [1.165, 1.54) is 6.08 Å². The van der Waals surface area contributed by atoms with Gasteiger partial charge in [0.05, 0.1) is 5.75 Å². The van der Waals surface area contributed by atoms with Crippen LogP contribution in [-0.2, 0) is 14.9 Å². The fourth-order valence-corrected chi connectivity index (χ4v) is 1.10. The number of allylic oxidation sites excluding steroid dienone is 1. The minimum atomic E-state index is -3.91. The Balaban J connectivity index is 3.53. The number of rotatable bonds is 5. The summed E-state index contributed by atoms with van der Waals surface area (Å²) >= 11 is 0. The van der Waals surface area contributed by atoms with Crippen molar-refractivity contribution >= 4 is 16.1 Å². The molecule has 70 valence electrons. The number of hydrogen-bond donors (Lipinski definition) is 2. The predicted molar refractivity (Wildman–Crippen MR) is 42.4 cm³/mol. The molecule has 0 radical (unpaired) electrons. The standard InChI is InChI=1S/C6H10O5S/c7-6(8)4-2-1-3-5-12(9,10)11/h2,4H,1,3,5H2,(H,7,8)(H,9,10,11). The Hall–Kier alpha value is -0.880. The normalized spacial score (nSPS) is 12.1. The molecule has 0 heterocycles. The zero-order valence-electron chi connectivity index (χ0n) is 6.30. The Morgan fingerprint density at radius 1 is 1.42 bits per heavy atom. The smallest absolute Gasteiger partial charge is 0.327 e. The van der Waals surface area contributed by atoms with Crippen LogP contribution in [0.2, 0.25) is 0 Å². The average Bonchev–Trinajstić information content (AvgIpc) is 1.83. The van der Waals surface area contributed by atoms with E-state index >= 15 is 0 Å². The van der Waals surface area contributed by atoms with Gasteiger partial charge in [0.15, 0.2) is 0 Å². The van der Waals surface area contributed by atoms with Crippen molar-refractivity contribution in [2.24, 2.45) is 0 Å². The van der Waals surface area contributed by atoms with Gasteiger partial charge in [0, 0.05) is 6.08 Å². The molecule has 0 amide bonds. The second kappa shape index (κ2) is 4.89. The molecule has 2 N–H and O–H groups in total. The molecule has 12 heavy (non-hydrogen) atoms. The van der Waals surface area contributed by atoms with Gasteiger partial charge in [-0.25, -0.2) is 4.79 Å². The Labute approximate surface area is 70.5 Å². The third-order valence-corrected chi connectivity index (χ3v) is 1.84. The first kappa shape index (κ1) is 11.1. The van der Waals surface area contributed by atoms with Crippen molar-refractivity contribution in [3.63, 3.8) is 0 Å². The van der Waals surface area contributed by atoms with Crippen LogP contribution in [0.25, 0.3) is 0 Å². The van der Waals surface area contributed by atoms with Crippen LogP contribution >= 0.6 is 0 Å². The lowest BCUT2D eigenvalue weighted by atomic mass is 10.3. The van der Waals surface area contributed by atoms with E-state index in [1.54, 1.807) is 0 Å². The Kier molecular flexibility index (Phi) is 4.53. The van der Waals surface area contributed by atoms with Crippen LogP contribution in [0.15, 0.2) is 12.2 Å². The maximum Gasteiger partial charge on any atom is 0.327 e. The summed E-state index contributed by atoms with van der Waals surface area (Å²) in [6.45, 7) is 0. The molecule has 0 fully saturated rings. The quantitative estimate of drug-likeness (QED) is 0.373. The molecule has 0 aromatic heterocycles. The first-order chi connectivity index (χ1) is 5.42. The largest absolute Gasteiger partial charge is 0.478 e. The average molecular weight is 194 g/mol. The van der Waals surface area contributed by atoms with Gasteiger partial charge in [-0.2, -0.15) is 8.42 Å². The zero-order valence-corrected chi connectivity index (χ0v) is 7.12. The van der Waals surface area contributed by atoms with Crippen molar-refractivity contribution in [1.82, 2.24) is 0 Å².